The van der Waals surface area contributed by atoms with Crippen LogP contribution in [-0.2, 0) is 10.0 Å². The topological polar surface area (TPSA) is 46.2 Å². The van der Waals surface area contributed by atoms with E-state index >= 15 is 0 Å². The van der Waals surface area contributed by atoms with Crippen LogP contribution in [0.3, 0.4) is 0 Å². The van der Waals surface area contributed by atoms with Crippen molar-refractivity contribution in [3.05, 3.63) is 27.7 Å². The zero-order valence-corrected chi connectivity index (χ0v) is 14.7. The van der Waals surface area contributed by atoms with E-state index in [1.165, 1.54) is 6.07 Å². The molecule has 0 radical (unpaired) electrons. The van der Waals surface area contributed by atoms with E-state index in [2.05, 4.69) is 20.7 Å². The van der Waals surface area contributed by atoms with Crippen LogP contribution in [0.1, 0.15) is 32.1 Å². The van der Waals surface area contributed by atoms with E-state index in [0.717, 1.165) is 36.6 Å². The standard InChI is InChI=1S/C13H16BrCl2NO2S/c14-9-6-7-13(11(16)8-9)20(18,19)17-12-5-3-1-2-4-10(12)15/h6-8,10,12,17H,1-5H2. The molecule has 20 heavy (non-hydrogen) atoms. The van der Waals surface area contributed by atoms with Crippen molar-refractivity contribution in [3.63, 3.8) is 0 Å². The van der Waals surface area contributed by atoms with Gasteiger partial charge in [-0.1, -0.05) is 46.8 Å². The average molecular weight is 401 g/mol. The number of rotatable bonds is 3. The highest BCUT2D eigenvalue weighted by Gasteiger charge is 2.28. The molecule has 7 heteroatoms. The van der Waals surface area contributed by atoms with Gasteiger partial charge >= 0.3 is 0 Å². The van der Waals surface area contributed by atoms with Gasteiger partial charge in [0.25, 0.3) is 0 Å². The molecule has 112 valence electrons. The Morgan fingerprint density at radius 1 is 1.20 bits per heavy atom. The quantitative estimate of drug-likeness (QED) is 0.606. The van der Waals surface area contributed by atoms with Gasteiger partial charge in [-0.25, -0.2) is 13.1 Å². The monoisotopic (exact) mass is 399 g/mol. The SMILES string of the molecule is O=S(=O)(NC1CCCCCC1Cl)c1ccc(Br)cc1Cl. The second-order valence-corrected chi connectivity index (χ2v) is 8.52. The minimum atomic E-state index is -3.64. The first-order valence-electron chi connectivity index (χ1n) is 6.51. The highest BCUT2D eigenvalue weighted by Crippen LogP contribution is 2.28. The second-order valence-electron chi connectivity index (χ2n) is 4.96. The average Bonchev–Trinajstić information content (AvgIpc) is 2.54. The lowest BCUT2D eigenvalue weighted by Crippen LogP contribution is -2.40. The summed E-state index contributed by atoms with van der Waals surface area (Å²) in [6, 6.07) is 4.49. The third kappa shape index (κ3) is 4.10. The molecule has 0 aromatic heterocycles. The van der Waals surface area contributed by atoms with Crippen LogP contribution >= 0.6 is 39.1 Å². The van der Waals surface area contributed by atoms with Gasteiger partial charge in [0.05, 0.1) is 5.02 Å². The van der Waals surface area contributed by atoms with Crippen molar-refractivity contribution in [2.24, 2.45) is 0 Å². The van der Waals surface area contributed by atoms with Gasteiger partial charge in [-0.2, -0.15) is 0 Å². The molecule has 1 aliphatic rings. The molecule has 1 fully saturated rings. The molecule has 0 saturated heterocycles. The first kappa shape index (κ1) is 16.6. The summed E-state index contributed by atoms with van der Waals surface area (Å²) in [5.41, 5.74) is 0. The largest absolute Gasteiger partial charge is 0.242 e. The Labute approximate surface area is 138 Å². The number of nitrogens with one attached hydrogen (secondary N) is 1. The predicted octanol–water partition coefficient (Wildman–Crippen LogP) is 4.32. The first-order chi connectivity index (χ1) is 9.40. The Morgan fingerprint density at radius 3 is 2.60 bits per heavy atom. The maximum atomic E-state index is 12.4. The minimum Gasteiger partial charge on any atom is -0.207 e. The molecule has 1 saturated carbocycles. The van der Waals surface area contributed by atoms with Gasteiger partial charge in [0.1, 0.15) is 4.90 Å². The van der Waals surface area contributed by atoms with Gasteiger partial charge in [0.15, 0.2) is 0 Å². The fourth-order valence-electron chi connectivity index (χ4n) is 2.35. The van der Waals surface area contributed by atoms with Crippen LogP contribution < -0.4 is 4.72 Å². The molecular formula is C13H16BrCl2NO2S. The summed E-state index contributed by atoms with van der Waals surface area (Å²) in [7, 11) is -3.64. The lowest BCUT2D eigenvalue weighted by atomic mass is 10.1. The van der Waals surface area contributed by atoms with Crippen molar-refractivity contribution in [2.75, 3.05) is 0 Å². The fourth-order valence-corrected chi connectivity index (χ4v) is 5.12. The normalized spacial score (nSPS) is 24.4. The zero-order chi connectivity index (χ0) is 14.8. The molecule has 0 heterocycles. The summed E-state index contributed by atoms with van der Waals surface area (Å²) in [6.45, 7) is 0. The Bertz CT molecular complexity index is 580. The number of hydrogen-bond acceptors (Lipinski definition) is 2. The van der Waals surface area contributed by atoms with Gasteiger partial charge in [-0.15, -0.1) is 11.6 Å². The van der Waals surface area contributed by atoms with Crippen molar-refractivity contribution in [1.29, 1.82) is 0 Å². The van der Waals surface area contributed by atoms with Crippen LogP contribution in [0.2, 0.25) is 5.02 Å². The minimum absolute atomic E-state index is 0.0930. The highest BCUT2D eigenvalue weighted by molar-refractivity contribution is 9.10. The van der Waals surface area contributed by atoms with Crippen molar-refractivity contribution >= 4 is 49.2 Å². The molecular weight excluding hydrogens is 385 g/mol. The summed E-state index contributed by atoms with van der Waals surface area (Å²) in [4.78, 5) is 0.0930. The summed E-state index contributed by atoms with van der Waals surface area (Å²) < 4.78 is 28.3. The molecule has 1 N–H and O–H groups in total. The highest BCUT2D eigenvalue weighted by atomic mass is 79.9. The van der Waals surface area contributed by atoms with E-state index in [1.807, 2.05) is 0 Å². The van der Waals surface area contributed by atoms with E-state index < -0.39 is 10.0 Å². The van der Waals surface area contributed by atoms with Gasteiger partial charge in [0, 0.05) is 15.9 Å². The summed E-state index contributed by atoms with van der Waals surface area (Å²) in [5, 5.41) is 0.0353. The molecule has 2 atom stereocenters. The van der Waals surface area contributed by atoms with Crippen LogP contribution in [0, 0.1) is 0 Å². The third-order valence-electron chi connectivity index (χ3n) is 3.42. The number of benzene rings is 1. The number of hydrogen-bond donors (Lipinski definition) is 1. The summed E-state index contributed by atoms with van der Waals surface area (Å²) in [5.74, 6) is 0. The summed E-state index contributed by atoms with van der Waals surface area (Å²) >= 11 is 15.6. The number of sulfonamides is 1. The van der Waals surface area contributed by atoms with Crippen molar-refractivity contribution in [1.82, 2.24) is 4.72 Å². The fraction of sp³-hybridized carbons (Fsp3) is 0.538. The maximum absolute atomic E-state index is 12.4. The molecule has 1 aliphatic carbocycles. The lowest BCUT2D eigenvalue weighted by Gasteiger charge is -2.21. The van der Waals surface area contributed by atoms with E-state index in [0.29, 0.717) is 0 Å². The van der Waals surface area contributed by atoms with Crippen molar-refractivity contribution < 1.29 is 8.42 Å². The number of alkyl halides is 1. The van der Waals surface area contributed by atoms with Crippen LogP contribution in [0.5, 0.6) is 0 Å². The zero-order valence-electron chi connectivity index (χ0n) is 10.8. The van der Waals surface area contributed by atoms with Gasteiger partial charge in [0.2, 0.25) is 10.0 Å². The summed E-state index contributed by atoms with van der Waals surface area (Å²) in [6.07, 6.45) is 4.74. The lowest BCUT2D eigenvalue weighted by molar-refractivity contribution is 0.514. The van der Waals surface area contributed by atoms with Crippen LogP contribution in [0.4, 0.5) is 0 Å². The Balaban J connectivity index is 2.21. The Morgan fingerprint density at radius 2 is 1.90 bits per heavy atom. The Hall–Kier alpha value is 0.190. The number of halogens is 3. The smallest absolute Gasteiger partial charge is 0.207 e. The molecule has 2 rings (SSSR count). The molecule has 0 bridgehead atoms. The van der Waals surface area contributed by atoms with Crippen LogP contribution in [0.15, 0.2) is 27.6 Å². The Kier molecular flexibility index (Phi) is 5.77. The first-order valence-corrected chi connectivity index (χ1v) is 9.60. The molecule has 2 unspecified atom stereocenters. The van der Waals surface area contributed by atoms with Gasteiger partial charge < -0.3 is 0 Å². The maximum Gasteiger partial charge on any atom is 0.242 e. The van der Waals surface area contributed by atoms with Crippen LogP contribution in [-0.4, -0.2) is 19.8 Å². The molecule has 1 aromatic carbocycles. The van der Waals surface area contributed by atoms with Gasteiger partial charge in [-0.3, -0.25) is 0 Å². The molecule has 0 spiro atoms. The van der Waals surface area contributed by atoms with Gasteiger partial charge in [-0.05, 0) is 31.0 Å². The molecule has 0 aliphatic heterocycles. The van der Waals surface area contributed by atoms with E-state index in [-0.39, 0.29) is 21.3 Å². The van der Waals surface area contributed by atoms with E-state index in [1.54, 1.807) is 12.1 Å². The third-order valence-corrected chi connectivity index (χ3v) is 6.41. The molecule has 3 nitrogen and oxygen atoms in total. The van der Waals surface area contributed by atoms with Crippen LogP contribution in [0.25, 0.3) is 0 Å². The van der Waals surface area contributed by atoms with Crippen molar-refractivity contribution in [2.45, 2.75) is 48.4 Å². The van der Waals surface area contributed by atoms with E-state index in [4.69, 9.17) is 23.2 Å². The van der Waals surface area contributed by atoms with E-state index in [9.17, 15) is 8.42 Å². The van der Waals surface area contributed by atoms with Crippen molar-refractivity contribution in [3.8, 4) is 0 Å². The molecule has 0 amide bonds. The second kappa shape index (κ2) is 6.97. The predicted molar refractivity (Wildman–Crippen MR) is 86.0 cm³/mol. The molecule has 1 aromatic rings.